The predicted molar refractivity (Wildman–Crippen MR) is 105 cm³/mol. The van der Waals surface area contributed by atoms with Crippen LogP contribution in [0.2, 0.25) is 0 Å². The summed E-state index contributed by atoms with van der Waals surface area (Å²) in [5, 5.41) is 2.43. The molecule has 0 unspecified atom stereocenters. The highest BCUT2D eigenvalue weighted by Gasteiger charge is 2.43. The quantitative estimate of drug-likeness (QED) is 0.574. The van der Waals surface area contributed by atoms with E-state index in [-0.39, 0.29) is 35.7 Å². The topological polar surface area (TPSA) is 69.6 Å². The number of halogens is 5. The van der Waals surface area contributed by atoms with Gasteiger partial charge in [0.15, 0.2) is 11.5 Å². The Morgan fingerprint density at radius 1 is 0.970 bits per heavy atom. The van der Waals surface area contributed by atoms with Crippen LogP contribution in [0.4, 0.5) is 22.0 Å². The molecule has 0 fully saturated rings. The van der Waals surface area contributed by atoms with Crippen LogP contribution in [0.25, 0.3) is 0 Å². The summed E-state index contributed by atoms with van der Waals surface area (Å²) in [5.41, 5.74) is -1.08. The lowest BCUT2D eigenvalue weighted by atomic mass is 10.1. The molecule has 0 spiro atoms. The van der Waals surface area contributed by atoms with Crippen LogP contribution in [-0.2, 0) is 19.3 Å². The Balaban J connectivity index is 1.48. The molecule has 0 radical (unpaired) electrons. The molecular formula is C22H15F5N2O4. The van der Waals surface area contributed by atoms with Gasteiger partial charge in [-0.15, -0.1) is 8.78 Å². The van der Waals surface area contributed by atoms with Crippen molar-refractivity contribution in [3.63, 3.8) is 0 Å². The third-order valence-corrected chi connectivity index (χ3v) is 4.79. The van der Waals surface area contributed by atoms with Crippen molar-refractivity contribution in [1.82, 2.24) is 9.88 Å². The number of nitrogens with zero attached hydrogens (tertiary/aromatic N) is 1. The van der Waals surface area contributed by atoms with Gasteiger partial charge in [-0.2, -0.15) is 13.2 Å². The van der Waals surface area contributed by atoms with Crippen molar-refractivity contribution in [3.05, 3.63) is 93.4 Å². The van der Waals surface area contributed by atoms with Gasteiger partial charge in [-0.05, 0) is 47.5 Å². The molecule has 2 heterocycles. The molecule has 11 heteroatoms. The summed E-state index contributed by atoms with van der Waals surface area (Å²) < 4.78 is 74.8. The van der Waals surface area contributed by atoms with E-state index in [1.54, 1.807) is 0 Å². The molecule has 172 valence electrons. The van der Waals surface area contributed by atoms with E-state index in [0.717, 1.165) is 12.1 Å². The number of pyridine rings is 1. The van der Waals surface area contributed by atoms with Crippen molar-refractivity contribution in [1.29, 1.82) is 0 Å². The maximum atomic E-state index is 13.2. The number of fused-ring (bicyclic) bond motifs is 1. The lowest BCUT2D eigenvalue weighted by molar-refractivity contribution is -0.286. The Kier molecular flexibility index (Phi) is 5.56. The molecule has 6 nitrogen and oxygen atoms in total. The maximum Gasteiger partial charge on any atom is 0.586 e. The molecule has 4 rings (SSSR count). The van der Waals surface area contributed by atoms with E-state index < -0.39 is 29.5 Å². The number of hydrogen-bond acceptors (Lipinski definition) is 4. The van der Waals surface area contributed by atoms with Crippen LogP contribution >= 0.6 is 0 Å². The van der Waals surface area contributed by atoms with Crippen molar-refractivity contribution in [3.8, 4) is 11.5 Å². The third kappa shape index (κ3) is 4.97. The van der Waals surface area contributed by atoms with Gasteiger partial charge in [-0.1, -0.05) is 18.2 Å². The second kappa shape index (κ2) is 8.23. The molecule has 2 aromatic carbocycles. The van der Waals surface area contributed by atoms with Gasteiger partial charge in [0.1, 0.15) is 5.56 Å². The molecule has 0 atom stereocenters. The Morgan fingerprint density at radius 2 is 1.73 bits per heavy atom. The van der Waals surface area contributed by atoms with Crippen molar-refractivity contribution in [2.45, 2.75) is 25.6 Å². The standard InChI is InChI=1S/C22H15F5N2O4/c23-21(24,25)15-4-1-3-13(9-15)11-28-19(30)16-5-2-8-29(20(16)31)12-14-6-7-17-18(10-14)33-22(26,27)32-17/h1-10H,11-12H2,(H,28,30). The van der Waals surface area contributed by atoms with E-state index in [4.69, 9.17) is 0 Å². The first-order valence-corrected chi connectivity index (χ1v) is 9.54. The SMILES string of the molecule is O=C(NCc1cccc(C(F)(F)F)c1)c1cccn(Cc2ccc3c(c2)OC(F)(F)O3)c1=O. The van der Waals surface area contributed by atoms with Crippen LogP contribution in [0.3, 0.4) is 0 Å². The first-order valence-electron chi connectivity index (χ1n) is 9.54. The van der Waals surface area contributed by atoms with Crippen LogP contribution in [0, 0.1) is 0 Å². The van der Waals surface area contributed by atoms with E-state index in [9.17, 15) is 31.5 Å². The number of benzene rings is 2. The second-order valence-electron chi connectivity index (χ2n) is 7.18. The summed E-state index contributed by atoms with van der Waals surface area (Å²) in [7, 11) is 0. The molecule has 3 aromatic rings. The monoisotopic (exact) mass is 466 g/mol. The highest BCUT2D eigenvalue weighted by atomic mass is 19.4. The van der Waals surface area contributed by atoms with Crippen molar-refractivity contribution in [2.75, 3.05) is 0 Å². The smallest absolute Gasteiger partial charge is 0.395 e. The molecule has 1 aliphatic heterocycles. The summed E-state index contributed by atoms with van der Waals surface area (Å²) in [5.74, 6) is -1.09. The molecule has 0 bridgehead atoms. The van der Waals surface area contributed by atoms with Gasteiger partial charge in [0.2, 0.25) is 0 Å². The van der Waals surface area contributed by atoms with Crippen LogP contribution in [0.15, 0.2) is 65.6 Å². The molecular weight excluding hydrogens is 451 g/mol. The number of aromatic nitrogens is 1. The predicted octanol–water partition coefficient (Wildman–Crippen LogP) is 4.17. The average Bonchev–Trinajstić information content (AvgIpc) is 3.06. The van der Waals surface area contributed by atoms with Crippen LogP contribution in [-0.4, -0.2) is 16.8 Å². The van der Waals surface area contributed by atoms with E-state index in [0.29, 0.717) is 5.56 Å². The largest absolute Gasteiger partial charge is 0.586 e. The number of nitrogens with one attached hydrogen (secondary N) is 1. The fourth-order valence-electron chi connectivity index (χ4n) is 3.26. The fourth-order valence-corrected chi connectivity index (χ4v) is 3.26. The zero-order chi connectivity index (χ0) is 23.8. The summed E-state index contributed by atoms with van der Waals surface area (Å²) in [6.07, 6.45) is -6.88. The van der Waals surface area contributed by atoms with Crippen LogP contribution in [0.5, 0.6) is 11.5 Å². The molecule has 0 aliphatic carbocycles. The summed E-state index contributed by atoms with van der Waals surface area (Å²) >= 11 is 0. The molecule has 1 N–H and O–H groups in total. The number of ether oxygens (including phenoxy) is 2. The van der Waals surface area contributed by atoms with Gasteiger partial charge in [0.25, 0.3) is 11.5 Å². The first-order chi connectivity index (χ1) is 15.5. The normalized spacial score (nSPS) is 14.2. The Bertz CT molecular complexity index is 1270. The van der Waals surface area contributed by atoms with Gasteiger partial charge in [0, 0.05) is 12.7 Å². The minimum absolute atomic E-state index is 0.0458. The third-order valence-electron chi connectivity index (χ3n) is 4.79. The maximum absolute atomic E-state index is 13.2. The van der Waals surface area contributed by atoms with Crippen molar-refractivity contribution in [2.24, 2.45) is 0 Å². The van der Waals surface area contributed by atoms with Gasteiger partial charge >= 0.3 is 12.5 Å². The zero-order valence-corrected chi connectivity index (χ0v) is 16.7. The number of amides is 1. The highest BCUT2D eigenvalue weighted by molar-refractivity contribution is 5.93. The van der Waals surface area contributed by atoms with Crippen molar-refractivity contribution < 1.29 is 36.2 Å². The summed E-state index contributed by atoms with van der Waals surface area (Å²) in [4.78, 5) is 25.2. The van der Waals surface area contributed by atoms with E-state index >= 15 is 0 Å². The Hall–Kier alpha value is -3.89. The number of alkyl halides is 5. The molecule has 33 heavy (non-hydrogen) atoms. The van der Waals surface area contributed by atoms with E-state index in [1.165, 1.54) is 53.2 Å². The molecule has 0 saturated carbocycles. The molecule has 1 aliphatic rings. The van der Waals surface area contributed by atoms with Gasteiger partial charge in [-0.25, -0.2) is 0 Å². The van der Waals surface area contributed by atoms with E-state index in [2.05, 4.69) is 14.8 Å². The second-order valence-corrected chi connectivity index (χ2v) is 7.18. The number of rotatable bonds is 5. The molecule has 0 saturated heterocycles. The van der Waals surface area contributed by atoms with Crippen LogP contribution in [0.1, 0.15) is 27.0 Å². The average molecular weight is 466 g/mol. The Labute approximate surface area is 183 Å². The van der Waals surface area contributed by atoms with Gasteiger partial charge in [-0.3, -0.25) is 9.59 Å². The van der Waals surface area contributed by atoms with Gasteiger partial charge < -0.3 is 19.4 Å². The Morgan fingerprint density at radius 3 is 2.48 bits per heavy atom. The van der Waals surface area contributed by atoms with Crippen LogP contribution < -0.4 is 20.3 Å². The lowest BCUT2D eigenvalue weighted by Gasteiger charge is -2.11. The van der Waals surface area contributed by atoms with Crippen molar-refractivity contribution >= 4 is 5.91 Å². The number of hydrogen-bond donors (Lipinski definition) is 1. The number of carbonyl (C=O) groups excluding carboxylic acids is 1. The minimum Gasteiger partial charge on any atom is -0.395 e. The summed E-state index contributed by atoms with van der Waals surface area (Å²) in [6, 6.07) is 11.2. The molecule has 1 aromatic heterocycles. The van der Waals surface area contributed by atoms with E-state index in [1.807, 2.05) is 0 Å². The van der Waals surface area contributed by atoms with Gasteiger partial charge in [0.05, 0.1) is 12.1 Å². The first kappa shape index (κ1) is 22.3. The highest BCUT2D eigenvalue weighted by Crippen LogP contribution is 2.41. The number of carbonyl (C=O) groups is 1. The minimum atomic E-state index is -4.52. The summed E-state index contributed by atoms with van der Waals surface area (Å²) in [6.45, 7) is -0.261. The zero-order valence-electron chi connectivity index (χ0n) is 16.7. The fraction of sp³-hybridized carbons (Fsp3) is 0.182. The molecule has 1 amide bonds. The lowest BCUT2D eigenvalue weighted by Crippen LogP contribution is -2.32.